The largest absolute Gasteiger partial charge is 0.357 e. The molecule has 2 aromatic rings. The van der Waals surface area contributed by atoms with Crippen LogP contribution in [0.3, 0.4) is 0 Å². The summed E-state index contributed by atoms with van der Waals surface area (Å²) in [6, 6.07) is 10.8. The van der Waals surface area contributed by atoms with Crippen LogP contribution >= 0.6 is 24.0 Å². The number of hydrogen-bond acceptors (Lipinski definition) is 3. The van der Waals surface area contributed by atoms with Crippen LogP contribution in [0.15, 0.2) is 47.5 Å². The van der Waals surface area contributed by atoms with Crippen molar-refractivity contribution in [2.75, 3.05) is 40.8 Å². The molecule has 0 saturated carbocycles. The predicted octanol–water partition coefficient (Wildman–Crippen LogP) is 3.34. The molecule has 9 heteroatoms. The quantitative estimate of drug-likeness (QED) is 0.251. The molecule has 0 radical (unpaired) electrons. The molecule has 1 atom stereocenters. The summed E-state index contributed by atoms with van der Waals surface area (Å²) in [6.07, 6.45) is 0.689. The predicted molar refractivity (Wildman–Crippen MR) is 136 cm³/mol. The van der Waals surface area contributed by atoms with Crippen LogP contribution in [0.25, 0.3) is 0 Å². The summed E-state index contributed by atoms with van der Waals surface area (Å²) in [4.78, 5) is 18.1. The molecule has 2 aromatic carbocycles. The topological polar surface area (TPSA) is 68.8 Å². The fourth-order valence-corrected chi connectivity index (χ4v) is 3.20. The first kappa shape index (κ1) is 27.8. The Labute approximate surface area is 205 Å². The van der Waals surface area contributed by atoms with E-state index in [9.17, 15) is 13.6 Å². The maximum absolute atomic E-state index is 14.3. The molecular weight excluding hydrogens is 527 g/mol. The van der Waals surface area contributed by atoms with Crippen LogP contribution in [0.4, 0.5) is 8.78 Å². The van der Waals surface area contributed by atoms with E-state index in [-0.39, 0.29) is 42.0 Å². The highest BCUT2D eigenvalue weighted by Gasteiger charge is 2.22. The fraction of sp³-hybridized carbons (Fsp3) is 0.391. The standard InChI is InChI=1S/C23H31F2N5O.HI/c1-5-27-23(28-13-12-16-8-6-9-17(14-16)22(31)26-2)29-15-20(30(3)4)21-18(24)10-7-11-19(21)25;/h6-11,14,20H,5,12-13,15H2,1-4H3,(H,26,31)(H2,27,28,29);1H. The molecule has 176 valence electrons. The van der Waals surface area contributed by atoms with E-state index in [0.29, 0.717) is 31.0 Å². The number of rotatable bonds is 9. The molecule has 1 amide bonds. The minimum atomic E-state index is -0.581. The molecule has 1 unspecified atom stereocenters. The van der Waals surface area contributed by atoms with E-state index in [0.717, 1.165) is 5.56 Å². The van der Waals surface area contributed by atoms with Crippen LogP contribution in [-0.2, 0) is 6.42 Å². The van der Waals surface area contributed by atoms with Gasteiger partial charge in [0.2, 0.25) is 0 Å². The summed E-state index contributed by atoms with van der Waals surface area (Å²) in [5.74, 6) is -0.723. The number of hydrogen-bond donors (Lipinski definition) is 3. The van der Waals surface area contributed by atoms with Crippen molar-refractivity contribution in [3.63, 3.8) is 0 Å². The molecule has 6 nitrogen and oxygen atoms in total. The number of halogens is 3. The second-order valence-corrected chi connectivity index (χ2v) is 7.29. The first-order valence-electron chi connectivity index (χ1n) is 10.3. The lowest BCUT2D eigenvalue weighted by Crippen LogP contribution is -2.39. The molecule has 2 rings (SSSR count). The van der Waals surface area contributed by atoms with Crippen LogP contribution in [0.5, 0.6) is 0 Å². The lowest BCUT2D eigenvalue weighted by atomic mass is 10.0. The van der Waals surface area contributed by atoms with E-state index in [1.54, 1.807) is 32.1 Å². The number of amides is 1. The molecule has 0 saturated heterocycles. The van der Waals surface area contributed by atoms with Crippen molar-refractivity contribution in [3.8, 4) is 0 Å². The molecule has 0 bridgehead atoms. The normalized spacial score (nSPS) is 12.2. The Bertz CT molecular complexity index is 887. The van der Waals surface area contributed by atoms with Crippen molar-refractivity contribution in [2.24, 2.45) is 4.99 Å². The second kappa shape index (κ2) is 14.0. The molecule has 0 aliphatic carbocycles. The van der Waals surface area contributed by atoms with Crippen molar-refractivity contribution < 1.29 is 13.6 Å². The summed E-state index contributed by atoms with van der Waals surface area (Å²) in [6.45, 7) is 3.37. The number of benzene rings is 2. The van der Waals surface area contributed by atoms with Gasteiger partial charge < -0.3 is 20.9 Å². The number of guanidine groups is 1. The smallest absolute Gasteiger partial charge is 0.251 e. The van der Waals surface area contributed by atoms with E-state index >= 15 is 0 Å². The Hall–Kier alpha value is -2.27. The number of nitrogens with zero attached hydrogens (tertiary/aromatic N) is 2. The van der Waals surface area contributed by atoms with Crippen molar-refractivity contribution >= 4 is 35.8 Å². The number of nitrogens with one attached hydrogen (secondary N) is 3. The Morgan fingerprint density at radius 2 is 1.75 bits per heavy atom. The van der Waals surface area contributed by atoms with Gasteiger partial charge >= 0.3 is 0 Å². The second-order valence-electron chi connectivity index (χ2n) is 7.29. The van der Waals surface area contributed by atoms with E-state index in [1.165, 1.54) is 18.2 Å². The van der Waals surface area contributed by atoms with Gasteiger partial charge in [-0.15, -0.1) is 24.0 Å². The van der Waals surface area contributed by atoms with Crippen molar-refractivity contribution in [2.45, 2.75) is 19.4 Å². The van der Waals surface area contributed by atoms with Gasteiger partial charge in [0.05, 0.1) is 12.6 Å². The summed E-state index contributed by atoms with van der Waals surface area (Å²) in [7, 11) is 5.14. The van der Waals surface area contributed by atoms with Crippen molar-refractivity contribution in [1.82, 2.24) is 20.9 Å². The highest BCUT2D eigenvalue weighted by molar-refractivity contribution is 14.0. The molecule has 0 spiro atoms. The van der Waals surface area contributed by atoms with Gasteiger partial charge in [-0.25, -0.2) is 8.78 Å². The molecular formula is C23H32F2IN5O. The lowest BCUT2D eigenvalue weighted by molar-refractivity contribution is 0.0963. The van der Waals surface area contributed by atoms with E-state index < -0.39 is 17.7 Å². The fourth-order valence-electron chi connectivity index (χ4n) is 3.20. The molecule has 0 heterocycles. The average molecular weight is 559 g/mol. The molecule has 3 N–H and O–H groups in total. The van der Waals surface area contributed by atoms with E-state index in [1.807, 2.05) is 25.1 Å². The average Bonchev–Trinajstić information content (AvgIpc) is 2.75. The summed E-state index contributed by atoms with van der Waals surface area (Å²) < 4.78 is 28.5. The molecule has 0 aromatic heterocycles. The van der Waals surface area contributed by atoms with Crippen molar-refractivity contribution in [3.05, 3.63) is 70.8 Å². The number of carbonyl (C=O) groups is 1. The highest BCUT2D eigenvalue weighted by atomic mass is 127. The van der Waals surface area contributed by atoms with E-state index in [4.69, 9.17) is 0 Å². The Morgan fingerprint density at radius 3 is 2.34 bits per heavy atom. The first-order valence-corrected chi connectivity index (χ1v) is 10.3. The summed E-state index contributed by atoms with van der Waals surface area (Å²) in [5, 5.41) is 9.01. The van der Waals surface area contributed by atoms with Crippen LogP contribution in [0, 0.1) is 11.6 Å². The zero-order chi connectivity index (χ0) is 22.8. The number of aliphatic imine (C=N–C) groups is 1. The van der Waals surface area contributed by atoms with Gasteiger partial charge in [0.15, 0.2) is 5.96 Å². The summed E-state index contributed by atoms with van der Waals surface area (Å²) >= 11 is 0. The monoisotopic (exact) mass is 559 g/mol. The number of likely N-dealkylation sites (N-methyl/N-ethyl adjacent to an activating group) is 1. The molecule has 0 aliphatic heterocycles. The van der Waals surface area contributed by atoms with Gasteiger partial charge in [-0.1, -0.05) is 18.2 Å². The molecule has 0 aliphatic rings. The molecule has 32 heavy (non-hydrogen) atoms. The zero-order valence-corrected chi connectivity index (χ0v) is 21.2. The highest BCUT2D eigenvalue weighted by Crippen LogP contribution is 2.24. The third-order valence-electron chi connectivity index (χ3n) is 4.85. The lowest BCUT2D eigenvalue weighted by Gasteiger charge is -2.24. The van der Waals surface area contributed by atoms with Crippen LogP contribution in [-0.4, -0.2) is 57.5 Å². The Morgan fingerprint density at radius 1 is 1.09 bits per heavy atom. The molecule has 0 fully saturated rings. The third-order valence-corrected chi connectivity index (χ3v) is 4.85. The minimum absolute atomic E-state index is 0. The van der Waals surface area contributed by atoms with Crippen molar-refractivity contribution in [1.29, 1.82) is 0 Å². The van der Waals surface area contributed by atoms with E-state index in [2.05, 4.69) is 20.9 Å². The third kappa shape index (κ3) is 8.01. The maximum Gasteiger partial charge on any atom is 0.251 e. The maximum atomic E-state index is 14.3. The number of carbonyl (C=O) groups excluding carboxylic acids is 1. The van der Waals surface area contributed by atoms with Gasteiger partial charge in [0.25, 0.3) is 5.91 Å². The Kier molecular flexibility index (Phi) is 12.1. The summed E-state index contributed by atoms with van der Waals surface area (Å²) in [5.41, 5.74) is 1.64. The van der Waals surface area contributed by atoms with Gasteiger partial charge in [-0.2, -0.15) is 0 Å². The van der Waals surface area contributed by atoms with Crippen LogP contribution in [0.1, 0.15) is 34.5 Å². The minimum Gasteiger partial charge on any atom is -0.357 e. The van der Waals surface area contributed by atoms with Crippen LogP contribution < -0.4 is 16.0 Å². The van der Waals surface area contributed by atoms with Gasteiger partial charge in [-0.3, -0.25) is 9.79 Å². The van der Waals surface area contributed by atoms with Gasteiger partial charge in [-0.05, 0) is 57.3 Å². The Balaban J connectivity index is 0.00000512. The van der Waals surface area contributed by atoms with Crippen LogP contribution in [0.2, 0.25) is 0 Å². The van der Waals surface area contributed by atoms with Gasteiger partial charge in [0, 0.05) is 31.3 Å². The SMILES string of the molecule is CCNC(=NCC(c1c(F)cccc1F)N(C)C)NCCc1cccc(C(=O)NC)c1.I. The van der Waals surface area contributed by atoms with Gasteiger partial charge in [0.1, 0.15) is 11.6 Å². The first-order chi connectivity index (χ1) is 14.9. The zero-order valence-electron chi connectivity index (χ0n) is 18.9.